The maximum Gasteiger partial charge on any atom is 0.246 e. The van der Waals surface area contributed by atoms with Gasteiger partial charge in [-0.05, 0) is 18.2 Å². The smallest absolute Gasteiger partial charge is 0.246 e. The summed E-state index contributed by atoms with van der Waals surface area (Å²) in [5, 5.41) is 8.49. The lowest BCUT2D eigenvalue weighted by atomic mass is 10.1. The van der Waals surface area contributed by atoms with Gasteiger partial charge in [0.05, 0.1) is 5.69 Å². The molecule has 1 aromatic heterocycles. The minimum Gasteiger partial charge on any atom is -0.313 e. The normalized spacial score (nSPS) is 14.2. The molecule has 0 bridgehead atoms. The SMILES string of the molecule is CN1C(=O)Cn2cnnc2-c2cc(Cl)ccc21. The van der Waals surface area contributed by atoms with Crippen LogP contribution in [0.3, 0.4) is 0 Å². The Morgan fingerprint density at radius 2 is 2.24 bits per heavy atom. The molecule has 86 valence electrons. The third kappa shape index (κ3) is 1.51. The molecule has 0 N–H and O–H groups in total. The second-order valence-electron chi connectivity index (χ2n) is 3.90. The monoisotopic (exact) mass is 248 g/mol. The first kappa shape index (κ1) is 10.3. The number of rotatable bonds is 0. The Morgan fingerprint density at radius 1 is 1.41 bits per heavy atom. The van der Waals surface area contributed by atoms with Crippen molar-refractivity contribution in [3.8, 4) is 11.4 Å². The van der Waals surface area contributed by atoms with E-state index in [1.807, 2.05) is 6.07 Å². The first-order valence-corrected chi connectivity index (χ1v) is 5.49. The van der Waals surface area contributed by atoms with E-state index in [0.717, 1.165) is 11.3 Å². The quantitative estimate of drug-likeness (QED) is 0.711. The third-order valence-electron chi connectivity index (χ3n) is 2.86. The highest BCUT2D eigenvalue weighted by Crippen LogP contribution is 2.33. The van der Waals surface area contributed by atoms with Crippen LogP contribution in [0.15, 0.2) is 24.5 Å². The van der Waals surface area contributed by atoms with Crippen LogP contribution in [0.4, 0.5) is 5.69 Å². The minimum absolute atomic E-state index is 0.00729. The Bertz CT molecular complexity index is 607. The Kier molecular flexibility index (Phi) is 2.16. The summed E-state index contributed by atoms with van der Waals surface area (Å²) in [7, 11) is 1.74. The molecule has 0 unspecified atom stereocenters. The van der Waals surface area contributed by atoms with Crippen LogP contribution in [0.2, 0.25) is 5.02 Å². The first-order valence-electron chi connectivity index (χ1n) is 5.11. The van der Waals surface area contributed by atoms with E-state index < -0.39 is 0 Å². The van der Waals surface area contributed by atoms with E-state index in [4.69, 9.17) is 11.6 Å². The van der Waals surface area contributed by atoms with E-state index >= 15 is 0 Å². The Labute approximate surface area is 103 Å². The van der Waals surface area contributed by atoms with Crippen molar-refractivity contribution >= 4 is 23.2 Å². The summed E-state index contributed by atoms with van der Waals surface area (Å²) in [5.41, 5.74) is 1.62. The molecule has 0 spiro atoms. The van der Waals surface area contributed by atoms with Crippen LogP contribution in [0.5, 0.6) is 0 Å². The van der Waals surface area contributed by atoms with Crippen LogP contribution < -0.4 is 4.90 Å². The second-order valence-corrected chi connectivity index (χ2v) is 4.33. The van der Waals surface area contributed by atoms with Crippen LogP contribution in [0, 0.1) is 0 Å². The van der Waals surface area contributed by atoms with Crippen LogP contribution in [0.25, 0.3) is 11.4 Å². The summed E-state index contributed by atoms with van der Waals surface area (Å²) in [6.45, 7) is 0.241. The number of fused-ring (bicyclic) bond motifs is 3. The first-order chi connectivity index (χ1) is 8.16. The number of hydrogen-bond acceptors (Lipinski definition) is 3. The van der Waals surface area contributed by atoms with E-state index in [0.29, 0.717) is 10.8 Å². The number of hydrogen-bond donors (Lipinski definition) is 0. The minimum atomic E-state index is -0.00729. The van der Waals surface area contributed by atoms with Gasteiger partial charge in [0.2, 0.25) is 5.91 Å². The van der Waals surface area contributed by atoms with E-state index in [2.05, 4.69) is 10.2 Å². The van der Waals surface area contributed by atoms with Gasteiger partial charge in [0.15, 0.2) is 5.82 Å². The molecule has 1 amide bonds. The van der Waals surface area contributed by atoms with E-state index in [-0.39, 0.29) is 12.5 Å². The third-order valence-corrected chi connectivity index (χ3v) is 3.09. The fourth-order valence-electron chi connectivity index (χ4n) is 1.95. The van der Waals surface area contributed by atoms with Crippen LogP contribution in [-0.2, 0) is 11.3 Å². The largest absolute Gasteiger partial charge is 0.313 e. The molecule has 3 rings (SSSR count). The van der Waals surface area contributed by atoms with Crippen molar-refractivity contribution in [1.29, 1.82) is 0 Å². The highest BCUT2D eigenvalue weighted by molar-refractivity contribution is 6.31. The Morgan fingerprint density at radius 3 is 3.06 bits per heavy atom. The van der Waals surface area contributed by atoms with Crippen molar-refractivity contribution in [2.75, 3.05) is 11.9 Å². The molecule has 0 aliphatic carbocycles. The lowest BCUT2D eigenvalue weighted by Gasteiger charge is -2.16. The van der Waals surface area contributed by atoms with Gasteiger partial charge in [0.1, 0.15) is 12.9 Å². The van der Waals surface area contributed by atoms with Gasteiger partial charge in [0.25, 0.3) is 0 Å². The zero-order valence-electron chi connectivity index (χ0n) is 9.09. The maximum atomic E-state index is 11.9. The Hall–Kier alpha value is -1.88. The van der Waals surface area contributed by atoms with Gasteiger partial charge in [-0.25, -0.2) is 0 Å². The van der Waals surface area contributed by atoms with Gasteiger partial charge >= 0.3 is 0 Å². The molecule has 0 atom stereocenters. The molecule has 1 aromatic carbocycles. The number of carbonyl (C=O) groups excluding carboxylic acids is 1. The number of aromatic nitrogens is 3. The number of benzene rings is 1. The van der Waals surface area contributed by atoms with Crippen molar-refractivity contribution < 1.29 is 4.79 Å². The van der Waals surface area contributed by atoms with Crippen LogP contribution in [0.1, 0.15) is 0 Å². The van der Waals surface area contributed by atoms with Crippen molar-refractivity contribution in [2.45, 2.75) is 6.54 Å². The van der Waals surface area contributed by atoms with Crippen molar-refractivity contribution in [3.63, 3.8) is 0 Å². The molecule has 0 radical (unpaired) electrons. The zero-order valence-corrected chi connectivity index (χ0v) is 9.85. The molecule has 0 saturated carbocycles. The van der Waals surface area contributed by atoms with E-state index in [9.17, 15) is 4.79 Å². The summed E-state index contributed by atoms with van der Waals surface area (Å²) >= 11 is 5.99. The maximum absolute atomic E-state index is 11.9. The van der Waals surface area contributed by atoms with E-state index in [1.54, 1.807) is 35.0 Å². The van der Waals surface area contributed by atoms with Gasteiger partial charge in [-0.15, -0.1) is 10.2 Å². The predicted octanol–water partition coefficient (Wildman–Crippen LogP) is 1.57. The molecule has 0 saturated heterocycles. The lowest BCUT2D eigenvalue weighted by molar-refractivity contribution is -0.118. The average Bonchev–Trinajstić information content (AvgIpc) is 2.72. The molecule has 5 nitrogen and oxygen atoms in total. The van der Waals surface area contributed by atoms with Gasteiger partial charge in [-0.2, -0.15) is 0 Å². The van der Waals surface area contributed by atoms with Crippen molar-refractivity contribution in [1.82, 2.24) is 14.8 Å². The standard InChI is InChI=1S/C11H9ClN4O/c1-15-9-3-2-7(12)4-8(9)11-14-13-6-16(11)5-10(15)17/h2-4,6H,5H2,1H3. The molecule has 2 heterocycles. The number of carbonyl (C=O) groups is 1. The highest BCUT2D eigenvalue weighted by Gasteiger charge is 2.24. The molecule has 6 heteroatoms. The number of anilines is 1. The van der Waals surface area contributed by atoms with Crippen LogP contribution >= 0.6 is 11.6 Å². The van der Waals surface area contributed by atoms with Gasteiger partial charge in [-0.3, -0.25) is 4.79 Å². The van der Waals surface area contributed by atoms with Gasteiger partial charge in [-0.1, -0.05) is 11.6 Å². The molecular weight excluding hydrogens is 240 g/mol. The topological polar surface area (TPSA) is 51.0 Å². The highest BCUT2D eigenvalue weighted by atomic mass is 35.5. The summed E-state index contributed by atoms with van der Waals surface area (Å²) in [5.74, 6) is 0.660. The van der Waals surface area contributed by atoms with Crippen LogP contribution in [-0.4, -0.2) is 27.7 Å². The zero-order chi connectivity index (χ0) is 12.0. The van der Waals surface area contributed by atoms with Gasteiger partial charge in [0, 0.05) is 17.6 Å². The Balaban J connectivity index is 2.32. The summed E-state index contributed by atoms with van der Waals surface area (Å²) in [6, 6.07) is 5.38. The summed E-state index contributed by atoms with van der Waals surface area (Å²) < 4.78 is 1.72. The average molecular weight is 249 g/mol. The molecule has 0 fully saturated rings. The molecule has 1 aliphatic heterocycles. The fraction of sp³-hybridized carbons (Fsp3) is 0.182. The molecule has 2 aromatic rings. The lowest BCUT2D eigenvalue weighted by Crippen LogP contribution is -2.28. The number of nitrogens with zero attached hydrogens (tertiary/aromatic N) is 4. The second kappa shape index (κ2) is 3.56. The predicted molar refractivity (Wildman–Crippen MR) is 63.9 cm³/mol. The van der Waals surface area contributed by atoms with Crippen molar-refractivity contribution in [2.24, 2.45) is 0 Å². The molecule has 1 aliphatic rings. The van der Waals surface area contributed by atoms with E-state index in [1.165, 1.54) is 0 Å². The number of amides is 1. The number of likely N-dealkylation sites (N-methyl/N-ethyl adjacent to an activating group) is 1. The molecule has 17 heavy (non-hydrogen) atoms. The summed E-state index contributed by atoms with van der Waals surface area (Å²) in [6.07, 6.45) is 1.55. The summed E-state index contributed by atoms with van der Waals surface area (Å²) in [4.78, 5) is 13.6. The number of halogens is 1. The fourth-order valence-corrected chi connectivity index (χ4v) is 2.12. The van der Waals surface area contributed by atoms with Gasteiger partial charge < -0.3 is 9.47 Å². The molecular formula is C11H9ClN4O. The van der Waals surface area contributed by atoms with Crippen molar-refractivity contribution in [3.05, 3.63) is 29.5 Å².